The van der Waals surface area contributed by atoms with Crippen molar-refractivity contribution < 1.29 is 0 Å². The van der Waals surface area contributed by atoms with Crippen LogP contribution in [-0.2, 0) is 0 Å². The van der Waals surface area contributed by atoms with Crippen molar-refractivity contribution in [3.05, 3.63) is 16.6 Å². The summed E-state index contributed by atoms with van der Waals surface area (Å²) in [4.78, 5) is 10.4. The van der Waals surface area contributed by atoms with Gasteiger partial charge in [-0.05, 0) is 19.3 Å². The van der Waals surface area contributed by atoms with E-state index in [0.717, 1.165) is 23.8 Å². The molecule has 0 amide bonds. The van der Waals surface area contributed by atoms with E-state index < -0.39 is 0 Å². The van der Waals surface area contributed by atoms with Crippen LogP contribution in [0.2, 0.25) is 0 Å². The molecule has 5 heteroatoms. The Labute approximate surface area is 109 Å². The van der Waals surface area contributed by atoms with E-state index in [1.165, 1.54) is 23.4 Å². The highest BCUT2D eigenvalue weighted by Crippen LogP contribution is 2.45. The molecule has 0 aromatic carbocycles. The maximum absolute atomic E-state index is 4.64. The van der Waals surface area contributed by atoms with Crippen molar-refractivity contribution >= 4 is 27.8 Å². The van der Waals surface area contributed by atoms with Gasteiger partial charge >= 0.3 is 0 Å². The van der Waals surface area contributed by atoms with Crippen LogP contribution in [0.5, 0.6) is 0 Å². The van der Waals surface area contributed by atoms with E-state index in [0.29, 0.717) is 5.92 Å². The lowest BCUT2D eigenvalue weighted by Gasteiger charge is -1.98. The average Bonchev–Trinajstić information content (AvgIpc) is 2.91. The zero-order valence-corrected chi connectivity index (χ0v) is 11.4. The van der Waals surface area contributed by atoms with Gasteiger partial charge in [0.15, 0.2) is 5.13 Å². The van der Waals surface area contributed by atoms with Gasteiger partial charge in [0.05, 0.1) is 21.8 Å². The predicted octanol–water partition coefficient (Wildman–Crippen LogP) is 3.97. The Morgan fingerprint density at radius 3 is 3.06 bits per heavy atom. The second kappa shape index (κ2) is 4.74. The van der Waals surface area contributed by atoms with Crippen LogP contribution in [0.4, 0.5) is 5.13 Å². The number of hydrogen-bond donors (Lipinski definition) is 1. The third-order valence-corrected chi connectivity index (χ3v) is 4.49. The van der Waals surface area contributed by atoms with Crippen molar-refractivity contribution in [3.8, 4) is 10.6 Å². The highest BCUT2D eigenvalue weighted by Gasteiger charge is 2.29. The topological polar surface area (TPSA) is 37.8 Å². The molecule has 1 fully saturated rings. The summed E-state index contributed by atoms with van der Waals surface area (Å²) in [6.45, 7) is 3.15. The maximum atomic E-state index is 4.64. The molecule has 1 saturated carbocycles. The first-order valence-corrected chi connectivity index (χ1v) is 7.77. The smallest absolute Gasteiger partial charge is 0.183 e. The Hall–Kier alpha value is -0.940. The zero-order chi connectivity index (χ0) is 11.7. The summed E-state index contributed by atoms with van der Waals surface area (Å²) in [6, 6.07) is 0. The summed E-state index contributed by atoms with van der Waals surface area (Å²) in [5.74, 6) is 0.699. The van der Waals surface area contributed by atoms with Gasteiger partial charge in [-0.25, -0.2) is 9.97 Å². The Bertz CT molecular complexity index is 499. The molecule has 0 unspecified atom stereocenters. The number of anilines is 1. The van der Waals surface area contributed by atoms with Gasteiger partial charge in [0.1, 0.15) is 0 Å². The van der Waals surface area contributed by atoms with Crippen molar-refractivity contribution in [2.75, 3.05) is 11.9 Å². The SMILES string of the molecule is CCCNc1nc(-c2scnc2C2CC2)cs1. The van der Waals surface area contributed by atoms with Crippen LogP contribution in [0.3, 0.4) is 0 Å². The maximum Gasteiger partial charge on any atom is 0.183 e. The predicted molar refractivity (Wildman–Crippen MR) is 74.0 cm³/mol. The second-order valence-electron chi connectivity index (χ2n) is 4.31. The Kier molecular flexibility index (Phi) is 3.11. The van der Waals surface area contributed by atoms with E-state index in [4.69, 9.17) is 0 Å². The number of nitrogens with zero attached hydrogens (tertiary/aromatic N) is 2. The minimum Gasteiger partial charge on any atom is -0.362 e. The van der Waals surface area contributed by atoms with Gasteiger partial charge in [-0.15, -0.1) is 22.7 Å². The highest BCUT2D eigenvalue weighted by atomic mass is 32.1. The first kappa shape index (κ1) is 11.2. The lowest BCUT2D eigenvalue weighted by Crippen LogP contribution is -1.98. The minimum atomic E-state index is 0.699. The molecule has 1 N–H and O–H groups in total. The van der Waals surface area contributed by atoms with Crippen molar-refractivity contribution in [2.24, 2.45) is 0 Å². The molecule has 2 aromatic heterocycles. The fraction of sp³-hybridized carbons (Fsp3) is 0.500. The van der Waals surface area contributed by atoms with Gasteiger partial charge in [0.25, 0.3) is 0 Å². The van der Waals surface area contributed by atoms with Crippen LogP contribution < -0.4 is 5.32 Å². The molecule has 3 nitrogen and oxygen atoms in total. The number of thiazole rings is 2. The molecule has 1 aliphatic rings. The van der Waals surface area contributed by atoms with E-state index >= 15 is 0 Å². The van der Waals surface area contributed by atoms with Crippen LogP contribution in [0, 0.1) is 0 Å². The van der Waals surface area contributed by atoms with Crippen LogP contribution >= 0.6 is 22.7 Å². The Balaban J connectivity index is 1.82. The number of rotatable bonds is 5. The molecule has 2 aromatic rings. The van der Waals surface area contributed by atoms with Gasteiger partial charge < -0.3 is 5.32 Å². The third kappa shape index (κ3) is 2.35. The fourth-order valence-corrected chi connectivity index (χ4v) is 3.43. The van der Waals surface area contributed by atoms with Gasteiger partial charge in [-0.3, -0.25) is 0 Å². The van der Waals surface area contributed by atoms with E-state index in [1.54, 1.807) is 22.7 Å². The molecule has 0 spiro atoms. The lowest BCUT2D eigenvalue weighted by molar-refractivity contribution is 0.976. The monoisotopic (exact) mass is 265 g/mol. The summed E-state index contributed by atoms with van der Waals surface area (Å²) in [7, 11) is 0. The molecule has 0 aliphatic heterocycles. The van der Waals surface area contributed by atoms with Gasteiger partial charge in [0, 0.05) is 17.8 Å². The summed E-state index contributed by atoms with van der Waals surface area (Å²) >= 11 is 3.40. The summed E-state index contributed by atoms with van der Waals surface area (Å²) in [5.41, 5.74) is 4.31. The van der Waals surface area contributed by atoms with Crippen LogP contribution in [0.1, 0.15) is 37.8 Å². The van der Waals surface area contributed by atoms with Gasteiger partial charge in [0.2, 0.25) is 0 Å². The largest absolute Gasteiger partial charge is 0.362 e. The molecule has 17 heavy (non-hydrogen) atoms. The first-order valence-electron chi connectivity index (χ1n) is 6.01. The van der Waals surface area contributed by atoms with E-state index in [2.05, 4.69) is 27.6 Å². The number of aromatic nitrogens is 2. The normalized spacial score (nSPS) is 15.1. The minimum absolute atomic E-state index is 0.699. The van der Waals surface area contributed by atoms with E-state index in [9.17, 15) is 0 Å². The summed E-state index contributed by atoms with van der Waals surface area (Å²) in [6.07, 6.45) is 3.71. The zero-order valence-electron chi connectivity index (χ0n) is 9.77. The molecular weight excluding hydrogens is 250 g/mol. The summed E-state index contributed by atoms with van der Waals surface area (Å²) < 4.78 is 0. The van der Waals surface area contributed by atoms with Crippen LogP contribution in [0.15, 0.2) is 10.9 Å². The quantitative estimate of drug-likeness (QED) is 0.889. The molecule has 0 saturated heterocycles. The van der Waals surface area contributed by atoms with Crippen LogP contribution in [0.25, 0.3) is 10.6 Å². The Morgan fingerprint density at radius 1 is 1.41 bits per heavy atom. The molecule has 3 rings (SSSR count). The molecule has 90 valence electrons. The van der Waals surface area contributed by atoms with Crippen molar-refractivity contribution in [2.45, 2.75) is 32.1 Å². The van der Waals surface area contributed by atoms with Crippen molar-refractivity contribution in [1.82, 2.24) is 9.97 Å². The number of hydrogen-bond acceptors (Lipinski definition) is 5. The second-order valence-corrected chi connectivity index (χ2v) is 6.02. The summed E-state index contributed by atoms with van der Waals surface area (Å²) in [5, 5.41) is 6.49. The third-order valence-electron chi connectivity index (χ3n) is 2.82. The van der Waals surface area contributed by atoms with Crippen molar-refractivity contribution in [3.63, 3.8) is 0 Å². The van der Waals surface area contributed by atoms with Crippen LogP contribution in [-0.4, -0.2) is 16.5 Å². The molecule has 0 atom stereocenters. The van der Waals surface area contributed by atoms with E-state index in [1.807, 2.05) is 5.51 Å². The van der Waals surface area contributed by atoms with Gasteiger partial charge in [-0.1, -0.05) is 6.92 Å². The average molecular weight is 265 g/mol. The van der Waals surface area contributed by atoms with Gasteiger partial charge in [-0.2, -0.15) is 0 Å². The lowest BCUT2D eigenvalue weighted by atomic mass is 10.2. The molecule has 0 radical (unpaired) electrons. The first-order chi connectivity index (χ1) is 8.38. The Morgan fingerprint density at radius 2 is 2.29 bits per heavy atom. The van der Waals surface area contributed by atoms with E-state index in [-0.39, 0.29) is 0 Å². The number of nitrogens with one attached hydrogen (secondary N) is 1. The molecule has 2 heterocycles. The molecule has 1 aliphatic carbocycles. The fourth-order valence-electron chi connectivity index (χ4n) is 1.79. The molecule has 0 bridgehead atoms. The standard InChI is InChI=1S/C12H15N3S2/c1-2-5-13-12-15-9(6-16-12)11-10(8-3-4-8)14-7-17-11/h6-8H,2-5H2,1H3,(H,13,15). The van der Waals surface area contributed by atoms with Crippen molar-refractivity contribution in [1.29, 1.82) is 0 Å². The molecular formula is C12H15N3S2. The highest BCUT2D eigenvalue weighted by molar-refractivity contribution is 7.15.